The van der Waals surface area contributed by atoms with Crippen molar-refractivity contribution in [3.63, 3.8) is 0 Å². The summed E-state index contributed by atoms with van der Waals surface area (Å²) in [5.74, 6) is -0.0826. The van der Waals surface area contributed by atoms with Gasteiger partial charge in [0.15, 0.2) is 0 Å². The minimum absolute atomic E-state index is 0.125. The molecule has 0 bridgehead atoms. The monoisotopic (exact) mass is 298 g/mol. The molecule has 1 saturated heterocycles. The largest absolute Gasteiger partial charge is 0.368 e. The van der Waals surface area contributed by atoms with E-state index in [4.69, 9.17) is 0 Å². The van der Waals surface area contributed by atoms with Gasteiger partial charge in [-0.25, -0.2) is 4.39 Å². The molecule has 1 fully saturated rings. The second-order valence-electron chi connectivity index (χ2n) is 5.52. The van der Waals surface area contributed by atoms with Crippen LogP contribution in [-0.2, 0) is 4.79 Å². The number of amides is 1. The van der Waals surface area contributed by atoms with Crippen molar-refractivity contribution in [2.45, 2.75) is 6.92 Å². The Morgan fingerprint density at radius 2 is 1.73 bits per heavy atom. The number of carbonyl (C=O) groups is 1. The van der Waals surface area contributed by atoms with Crippen molar-refractivity contribution < 1.29 is 9.18 Å². The summed E-state index contributed by atoms with van der Waals surface area (Å²) in [5.41, 5.74) is 2.57. The van der Waals surface area contributed by atoms with Crippen molar-refractivity contribution in [1.82, 2.24) is 4.90 Å². The molecule has 0 spiro atoms. The standard InChI is InChI=1S/C18H19FN2O/c1-14(22)20-9-11-21(12-10-20)16-6-4-5-15(13-16)17-7-2-3-8-18(17)19/h2-8,13H,9-12H2,1H3. The van der Waals surface area contributed by atoms with E-state index in [2.05, 4.69) is 4.90 Å². The molecule has 114 valence electrons. The van der Waals surface area contributed by atoms with Gasteiger partial charge in [0.05, 0.1) is 0 Å². The van der Waals surface area contributed by atoms with Crippen molar-refractivity contribution in [3.8, 4) is 11.1 Å². The lowest BCUT2D eigenvalue weighted by atomic mass is 10.0. The topological polar surface area (TPSA) is 23.6 Å². The highest BCUT2D eigenvalue weighted by molar-refractivity contribution is 5.74. The zero-order valence-corrected chi connectivity index (χ0v) is 12.6. The quantitative estimate of drug-likeness (QED) is 0.850. The molecule has 22 heavy (non-hydrogen) atoms. The summed E-state index contributed by atoms with van der Waals surface area (Å²) in [6.45, 7) is 4.69. The van der Waals surface area contributed by atoms with Crippen LogP contribution in [0.1, 0.15) is 6.92 Å². The number of hydrogen-bond donors (Lipinski definition) is 0. The van der Waals surface area contributed by atoms with Gasteiger partial charge in [-0.1, -0.05) is 30.3 Å². The number of benzene rings is 2. The van der Waals surface area contributed by atoms with Crippen molar-refractivity contribution in [2.75, 3.05) is 31.1 Å². The third-order valence-corrected chi connectivity index (χ3v) is 4.12. The second-order valence-corrected chi connectivity index (χ2v) is 5.52. The van der Waals surface area contributed by atoms with Crippen LogP contribution in [0.25, 0.3) is 11.1 Å². The zero-order chi connectivity index (χ0) is 15.5. The summed E-state index contributed by atoms with van der Waals surface area (Å²) < 4.78 is 13.9. The predicted octanol–water partition coefficient (Wildman–Crippen LogP) is 3.16. The molecule has 3 rings (SSSR count). The van der Waals surface area contributed by atoms with Crippen molar-refractivity contribution in [3.05, 3.63) is 54.3 Å². The smallest absolute Gasteiger partial charge is 0.219 e. The highest BCUT2D eigenvalue weighted by atomic mass is 19.1. The van der Waals surface area contributed by atoms with E-state index in [1.807, 2.05) is 35.2 Å². The molecule has 0 N–H and O–H groups in total. The number of hydrogen-bond acceptors (Lipinski definition) is 2. The molecule has 1 aliphatic heterocycles. The van der Waals surface area contributed by atoms with Gasteiger partial charge in [-0.2, -0.15) is 0 Å². The molecule has 1 heterocycles. The minimum Gasteiger partial charge on any atom is -0.368 e. The molecule has 4 heteroatoms. The van der Waals surface area contributed by atoms with Crippen molar-refractivity contribution in [1.29, 1.82) is 0 Å². The van der Waals surface area contributed by atoms with E-state index >= 15 is 0 Å². The molecule has 0 saturated carbocycles. The van der Waals surface area contributed by atoms with E-state index in [-0.39, 0.29) is 11.7 Å². The molecule has 0 aliphatic carbocycles. The first kappa shape index (κ1) is 14.6. The van der Waals surface area contributed by atoms with Crippen LogP contribution < -0.4 is 4.90 Å². The summed E-state index contributed by atoms with van der Waals surface area (Å²) in [6, 6.07) is 14.7. The Morgan fingerprint density at radius 3 is 2.41 bits per heavy atom. The molecule has 0 radical (unpaired) electrons. The van der Waals surface area contributed by atoms with Crippen LogP contribution in [0.3, 0.4) is 0 Å². The summed E-state index contributed by atoms with van der Waals surface area (Å²) in [6.07, 6.45) is 0. The number of nitrogens with zero attached hydrogens (tertiary/aromatic N) is 2. The Bertz CT molecular complexity index is 678. The van der Waals surface area contributed by atoms with Crippen LogP contribution in [-0.4, -0.2) is 37.0 Å². The average Bonchev–Trinajstić information content (AvgIpc) is 2.55. The summed E-state index contributed by atoms with van der Waals surface area (Å²) >= 11 is 0. The molecule has 3 nitrogen and oxygen atoms in total. The van der Waals surface area contributed by atoms with E-state index in [0.29, 0.717) is 5.56 Å². The maximum Gasteiger partial charge on any atom is 0.219 e. The van der Waals surface area contributed by atoms with Gasteiger partial charge in [0.1, 0.15) is 5.82 Å². The Morgan fingerprint density at radius 1 is 1.00 bits per heavy atom. The van der Waals surface area contributed by atoms with E-state index in [1.165, 1.54) is 6.07 Å². The second kappa shape index (κ2) is 6.18. The lowest BCUT2D eigenvalue weighted by Crippen LogP contribution is -2.48. The summed E-state index contributed by atoms with van der Waals surface area (Å²) in [7, 11) is 0. The van der Waals surface area contributed by atoms with Crippen molar-refractivity contribution >= 4 is 11.6 Å². The Kier molecular flexibility index (Phi) is 4.09. The highest BCUT2D eigenvalue weighted by Gasteiger charge is 2.19. The minimum atomic E-state index is -0.207. The average molecular weight is 298 g/mol. The van der Waals surface area contributed by atoms with Crippen LogP contribution in [0.4, 0.5) is 10.1 Å². The maximum absolute atomic E-state index is 13.9. The summed E-state index contributed by atoms with van der Waals surface area (Å²) in [5, 5.41) is 0. The lowest BCUT2D eigenvalue weighted by molar-refractivity contribution is -0.129. The number of anilines is 1. The van der Waals surface area contributed by atoms with Gasteiger partial charge < -0.3 is 9.80 Å². The molecule has 1 aliphatic rings. The third-order valence-electron chi connectivity index (χ3n) is 4.12. The van der Waals surface area contributed by atoms with Crippen molar-refractivity contribution in [2.24, 2.45) is 0 Å². The SMILES string of the molecule is CC(=O)N1CCN(c2cccc(-c3ccccc3F)c2)CC1. The number of piperazine rings is 1. The van der Waals surface area contributed by atoms with Gasteiger partial charge in [0.25, 0.3) is 0 Å². The number of carbonyl (C=O) groups excluding carboxylic acids is 1. The highest BCUT2D eigenvalue weighted by Crippen LogP contribution is 2.27. The molecule has 1 amide bonds. The molecular formula is C18H19FN2O. The third kappa shape index (κ3) is 2.96. The first-order valence-corrected chi connectivity index (χ1v) is 7.50. The summed E-state index contributed by atoms with van der Waals surface area (Å²) in [4.78, 5) is 15.5. The normalized spacial score (nSPS) is 15.0. The van der Waals surface area contributed by atoms with Crippen LogP contribution >= 0.6 is 0 Å². The first-order valence-electron chi connectivity index (χ1n) is 7.50. The Labute approximate surface area is 130 Å². The molecule has 0 unspecified atom stereocenters. The van der Waals surface area contributed by atoms with Crippen LogP contribution in [0, 0.1) is 5.82 Å². The fraction of sp³-hybridized carbons (Fsp3) is 0.278. The number of rotatable bonds is 2. The van der Waals surface area contributed by atoms with Gasteiger partial charge in [0.2, 0.25) is 5.91 Å². The van der Waals surface area contributed by atoms with Crippen LogP contribution in [0.5, 0.6) is 0 Å². The van der Waals surface area contributed by atoms with Crippen LogP contribution in [0.15, 0.2) is 48.5 Å². The van der Waals surface area contributed by atoms with Crippen LogP contribution in [0.2, 0.25) is 0 Å². The molecule has 0 atom stereocenters. The van der Waals surface area contributed by atoms with E-state index in [0.717, 1.165) is 37.4 Å². The molecule has 2 aromatic rings. The Balaban J connectivity index is 1.81. The van der Waals surface area contributed by atoms with Gasteiger partial charge in [-0.05, 0) is 23.8 Å². The van der Waals surface area contributed by atoms with Gasteiger partial charge in [0, 0.05) is 44.4 Å². The van der Waals surface area contributed by atoms with E-state index < -0.39 is 0 Å². The fourth-order valence-electron chi connectivity index (χ4n) is 2.85. The fourth-order valence-corrected chi connectivity index (χ4v) is 2.85. The Hall–Kier alpha value is -2.36. The van der Waals surface area contributed by atoms with E-state index in [9.17, 15) is 9.18 Å². The molecule has 0 aromatic heterocycles. The first-order chi connectivity index (χ1) is 10.6. The number of halogens is 1. The lowest BCUT2D eigenvalue weighted by Gasteiger charge is -2.35. The van der Waals surface area contributed by atoms with Gasteiger partial charge in [-0.15, -0.1) is 0 Å². The maximum atomic E-state index is 13.9. The zero-order valence-electron chi connectivity index (χ0n) is 12.6. The molecular weight excluding hydrogens is 279 g/mol. The van der Waals surface area contributed by atoms with Gasteiger partial charge >= 0.3 is 0 Å². The van der Waals surface area contributed by atoms with E-state index in [1.54, 1.807) is 19.1 Å². The molecule has 2 aromatic carbocycles. The van der Waals surface area contributed by atoms with Gasteiger partial charge in [-0.3, -0.25) is 4.79 Å². The predicted molar refractivity (Wildman–Crippen MR) is 86.3 cm³/mol.